The van der Waals surface area contributed by atoms with Crippen LogP contribution in [0.3, 0.4) is 0 Å². The number of carbonyl (C=O) groups excluding carboxylic acids is 2. The Morgan fingerprint density at radius 3 is 2.50 bits per heavy atom. The number of nitro groups is 1. The zero-order chi connectivity index (χ0) is 22.5. The minimum Gasteiger partial charge on any atom is -0.486 e. The highest BCUT2D eigenvalue weighted by Gasteiger charge is 2.17. The fourth-order valence-electron chi connectivity index (χ4n) is 2.95. The Morgan fingerprint density at radius 2 is 1.75 bits per heavy atom. The molecule has 1 aromatic heterocycles. The molecule has 11 nitrogen and oxygen atoms in total. The Labute approximate surface area is 181 Å². The van der Waals surface area contributed by atoms with Crippen LogP contribution in [-0.4, -0.2) is 40.1 Å². The van der Waals surface area contributed by atoms with Gasteiger partial charge in [0.05, 0.1) is 11.3 Å². The van der Waals surface area contributed by atoms with Crippen LogP contribution in [0.1, 0.15) is 29.1 Å². The van der Waals surface area contributed by atoms with Crippen LogP contribution in [0.2, 0.25) is 0 Å². The molecule has 1 aliphatic rings. The van der Waals surface area contributed by atoms with Gasteiger partial charge in [0.15, 0.2) is 23.9 Å². The topological polar surface area (TPSA) is 144 Å². The second kappa shape index (κ2) is 9.25. The van der Waals surface area contributed by atoms with E-state index in [9.17, 15) is 19.7 Å². The molecule has 0 spiro atoms. The minimum atomic E-state index is -0.592. The zero-order valence-electron chi connectivity index (χ0n) is 16.7. The van der Waals surface area contributed by atoms with Crippen molar-refractivity contribution in [3.8, 4) is 23.0 Å². The van der Waals surface area contributed by atoms with E-state index in [1.54, 1.807) is 18.2 Å². The summed E-state index contributed by atoms with van der Waals surface area (Å²) in [6.07, 6.45) is -0.146. The molecule has 4 rings (SSSR count). The van der Waals surface area contributed by atoms with Crippen molar-refractivity contribution in [2.45, 2.75) is 19.4 Å². The summed E-state index contributed by atoms with van der Waals surface area (Å²) in [5, 5.41) is 18.3. The van der Waals surface area contributed by atoms with Gasteiger partial charge in [-0.15, -0.1) is 10.2 Å². The number of nitrogens with zero attached hydrogens (tertiary/aromatic N) is 3. The number of nitro benzene ring substituents is 1. The van der Waals surface area contributed by atoms with E-state index < -0.39 is 10.9 Å². The molecule has 0 saturated carbocycles. The molecular formula is C21H17N3O8. The first-order valence-corrected chi connectivity index (χ1v) is 9.65. The van der Waals surface area contributed by atoms with Crippen LogP contribution in [0.5, 0.6) is 11.5 Å². The third-order valence-corrected chi connectivity index (χ3v) is 4.57. The molecule has 11 heteroatoms. The number of non-ortho nitro benzene ring substituents is 1. The molecule has 164 valence electrons. The van der Waals surface area contributed by atoms with Crippen molar-refractivity contribution in [1.82, 2.24) is 10.2 Å². The molecular weight excluding hydrogens is 422 g/mol. The van der Waals surface area contributed by atoms with E-state index in [0.29, 0.717) is 35.8 Å². The van der Waals surface area contributed by atoms with Crippen molar-refractivity contribution in [2.75, 3.05) is 13.2 Å². The van der Waals surface area contributed by atoms with Crippen molar-refractivity contribution in [1.29, 1.82) is 0 Å². The fraction of sp³-hybridized carbons (Fsp3) is 0.238. The Morgan fingerprint density at radius 1 is 1.00 bits per heavy atom. The van der Waals surface area contributed by atoms with Crippen LogP contribution in [-0.2, 0) is 16.1 Å². The molecule has 0 saturated heterocycles. The summed E-state index contributed by atoms with van der Waals surface area (Å²) in [6, 6.07) is 10.5. The Hall–Kier alpha value is -4.28. The monoisotopic (exact) mass is 439 g/mol. The van der Waals surface area contributed by atoms with Crippen LogP contribution >= 0.6 is 0 Å². The SMILES string of the molecule is O=C(CCC(=O)c1ccc2c(c1)OCCO2)OCc1nnc(-c2ccc([N+](=O)[O-])cc2)o1. The van der Waals surface area contributed by atoms with E-state index in [2.05, 4.69) is 10.2 Å². The molecule has 0 unspecified atom stereocenters. The van der Waals surface area contributed by atoms with Gasteiger partial charge >= 0.3 is 5.97 Å². The third-order valence-electron chi connectivity index (χ3n) is 4.57. The van der Waals surface area contributed by atoms with Gasteiger partial charge < -0.3 is 18.6 Å². The van der Waals surface area contributed by atoms with Crippen molar-refractivity contribution < 1.29 is 33.1 Å². The number of esters is 1. The lowest BCUT2D eigenvalue weighted by molar-refractivity contribution is -0.384. The van der Waals surface area contributed by atoms with Gasteiger partial charge in [0, 0.05) is 29.7 Å². The average molecular weight is 439 g/mol. The van der Waals surface area contributed by atoms with Gasteiger partial charge in [-0.2, -0.15) is 0 Å². The number of aromatic nitrogens is 2. The van der Waals surface area contributed by atoms with E-state index in [0.717, 1.165) is 0 Å². The quantitative estimate of drug-likeness (QED) is 0.222. The normalized spacial score (nSPS) is 12.2. The molecule has 2 aromatic carbocycles. The summed E-state index contributed by atoms with van der Waals surface area (Å²) < 4.78 is 21.4. The lowest BCUT2D eigenvalue weighted by Gasteiger charge is -2.18. The maximum atomic E-state index is 12.3. The smallest absolute Gasteiger partial charge is 0.306 e. The van der Waals surface area contributed by atoms with Gasteiger partial charge in [0.25, 0.3) is 11.6 Å². The van der Waals surface area contributed by atoms with Crippen molar-refractivity contribution in [2.24, 2.45) is 0 Å². The Balaban J connectivity index is 1.26. The molecule has 0 fully saturated rings. The maximum absolute atomic E-state index is 12.3. The number of benzene rings is 2. The van der Waals surface area contributed by atoms with Crippen molar-refractivity contribution in [3.05, 3.63) is 64.0 Å². The predicted octanol–water partition coefficient (Wildman–Crippen LogP) is 3.12. The number of Topliss-reactive ketones (excluding diaryl/α,β-unsaturated/α-hetero) is 1. The van der Waals surface area contributed by atoms with E-state index >= 15 is 0 Å². The van der Waals surface area contributed by atoms with E-state index in [1.807, 2.05) is 0 Å². The molecule has 32 heavy (non-hydrogen) atoms. The number of fused-ring (bicyclic) bond motifs is 1. The van der Waals surface area contributed by atoms with Gasteiger partial charge in [0.1, 0.15) is 13.2 Å². The highest BCUT2D eigenvalue weighted by atomic mass is 16.6. The Kier molecular flexibility index (Phi) is 6.06. The number of ketones is 1. The fourth-order valence-corrected chi connectivity index (χ4v) is 2.95. The van der Waals surface area contributed by atoms with Gasteiger partial charge in [-0.1, -0.05) is 0 Å². The highest BCUT2D eigenvalue weighted by Crippen LogP contribution is 2.31. The minimum absolute atomic E-state index is 0.0314. The van der Waals surface area contributed by atoms with Crippen LogP contribution in [0.4, 0.5) is 5.69 Å². The zero-order valence-corrected chi connectivity index (χ0v) is 16.7. The van der Waals surface area contributed by atoms with E-state index in [4.69, 9.17) is 18.6 Å². The first-order chi connectivity index (χ1) is 15.5. The van der Waals surface area contributed by atoms with Crippen molar-refractivity contribution in [3.63, 3.8) is 0 Å². The maximum Gasteiger partial charge on any atom is 0.306 e. The third kappa shape index (κ3) is 4.89. The van der Waals surface area contributed by atoms with Crippen LogP contribution in [0, 0.1) is 10.1 Å². The van der Waals surface area contributed by atoms with Crippen molar-refractivity contribution >= 4 is 17.4 Å². The number of hydrogen-bond donors (Lipinski definition) is 0. The summed E-state index contributed by atoms with van der Waals surface area (Å²) in [5.74, 6) is 0.470. The summed E-state index contributed by atoms with van der Waals surface area (Å²) >= 11 is 0. The molecule has 0 bridgehead atoms. The van der Waals surface area contributed by atoms with Crippen LogP contribution < -0.4 is 9.47 Å². The summed E-state index contributed by atoms with van der Waals surface area (Å²) in [5.41, 5.74) is 0.852. The molecule has 3 aromatic rings. The lowest BCUT2D eigenvalue weighted by Crippen LogP contribution is -2.16. The summed E-state index contributed by atoms with van der Waals surface area (Å²) in [7, 11) is 0. The largest absolute Gasteiger partial charge is 0.486 e. The second-order valence-electron chi connectivity index (χ2n) is 6.75. The summed E-state index contributed by atoms with van der Waals surface area (Å²) in [6.45, 7) is 0.622. The lowest BCUT2D eigenvalue weighted by atomic mass is 10.1. The first-order valence-electron chi connectivity index (χ1n) is 9.65. The number of ether oxygens (including phenoxy) is 3. The molecule has 2 heterocycles. The number of rotatable bonds is 8. The van der Waals surface area contributed by atoms with Crippen LogP contribution in [0.25, 0.3) is 11.5 Å². The molecule has 0 aliphatic carbocycles. The molecule has 0 amide bonds. The summed E-state index contributed by atoms with van der Waals surface area (Å²) in [4.78, 5) is 34.5. The average Bonchev–Trinajstić information content (AvgIpc) is 3.30. The van der Waals surface area contributed by atoms with Crippen LogP contribution in [0.15, 0.2) is 46.9 Å². The molecule has 0 atom stereocenters. The molecule has 0 N–H and O–H groups in total. The van der Waals surface area contributed by atoms with Gasteiger partial charge in [-0.05, 0) is 30.3 Å². The standard InChI is InChI=1S/C21H17N3O8/c25-16(14-3-7-17-18(11-14)30-10-9-29-17)6-8-20(26)31-12-19-22-23-21(32-19)13-1-4-15(5-2-13)24(27)28/h1-5,7,11H,6,8-10,12H2. The molecule has 0 radical (unpaired) electrons. The van der Waals surface area contributed by atoms with E-state index in [1.165, 1.54) is 24.3 Å². The number of carbonyl (C=O) groups is 2. The first kappa shape index (κ1) is 21.0. The van der Waals surface area contributed by atoms with Gasteiger partial charge in [-0.25, -0.2) is 0 Å². The molecule has 1 aliphatic heterocycles. The van der Waals surface area contributed by atoms with Gasteiger partial charge in [-0.3, -0.25) is 19.7 Å². The number of hydrogen-bond acceptors (Lipinski definition) is 10. The second-order valence-corrected chi connectivity index (χ2v) is 6.75. The van der Waals surface area contributed by atoms with E-state index in [-0.39, 0.29) is 42.7 Å². The van der Waals surface area contributed by atoms with Gasteiger partial charge in [0.2, 0.25) is 5.89 Å². The highest BCUT2D eigenvalue weighted by molar-refractivity contribution is 5.98. The predicted molar refractivity (Wildman–Crippen MR) is 107 cm³/mol. The Bertz CT molecular complexity index is 1160.